The van der Waals surface area contributed by atoms with E-state index in [0.29, 0.717) is 11.4 Å². The summed E-state index contributed by atoms with van der Waals surface area (Å²) >= 11 is 0. The van der Waals surface area contributed by atoms with Gasteiger partial charge in [-0.2, -0.15) is 5.26 Å². The van der Waals surface area contributed by atoms with Gasteiger partial charge in [-0.3, -0.25) is 0 Å². The molecule has 0 aliphatic carbocycles. The minimum atomic E-state index is 0.119. The van der Waals surface area contributed by atoms with Gasteiger partial charge in [0.1, 0.15) is 11.9 Å². The average molecular weight is 237 g/mol. The summed E-state index contributed by atoms with van der Waals surface area (Å²) in [6.07, 6.45) is 1.69. The first-order valence-corrected chi connectivity index (χ1v) is 5.89. The van der Waals surface area contributed by atoms with Gasteiger partial charge in [-0.15, -0.1) is 0 Å². The van der Waals surface area contributed by atoms with Crippen LogP contribution in [0.25, 0.3) is 0 Å². The molecule has 1 aromatic carbocycles. The predicted molar refractivity (Wildman–Crippen MR) is 72.2 cm³/mol. The second kappa shape index (κ2) is 5.33. The Morgan fingerprint density at radius 1 is 1.22 bits per heavy atom. The van der Waals surface area contributed by atoms with E-state index in [-0.39, 0.29) is 6.04 Å². The van der Waals surface area contributed by atoms with E-state index in [4.69, 9.17) is 5.26 Å². The van der Waals surface area contributed by atoms with Gasteiger partial charge in [0.15, 0.2) is 0 Å². The molecule has 0 radical (unpaired) electrons. The second-order valence-corrected chi connectivity index (χ2v) is 4.23. The Bertz CT molecular complexity index is 584. The molecular weight excluding hydrogens is 222 g/mol. The molecule has 0 bridgehead atoms. The molecule has 1 atom stereocenters. The summed E-state index contributed by atoms with van der Waals surface area (Å²) in [5.74, 6) is 0.635. The highest BCUT2D eigenvalue weighted by Gasteiger charge is 2.10. The highest BCUT2D eigenvalue weighted by Crippen LogP contribution is 2.22. The number of pyridine rings is 1. The molecule has 0 saturated carbocycles. The summed E-state index contributed by atoms with van der Waals surface area (Å²) in [6.45, 7) is 4.15. The van der Waals surface area contributed by atoms with Gasteiger partial charge < -0.3 is 5.32 Å². The van der Waals surface area contributed by atoms with Crippen LogP contribution in [0.3, 0.4) is 0 Å². The zero-order valence-electron chi connectivity index (χ0n) is 10.5. The molecule has 0 spiro atoms. The smallest absolute Gasteiger partial charge is 0.144 e. The Morgan fingerprint density at radius 2 is 2.00 bits per heavy atom. The Labute approximate surface area is 107 Å². The number of benzene rings is 1. The molecule has 18 heavy (non-hydrogen) atoms. The zero-order valence-corrected chi connectivity index (χ0v) is 10.5. The van der Waals surface area contributed by atoms with Gasteiger partial charge >= 0.3 is 0 Å². The summed E-state index contributed by atoms with van der Waals surface area (Å²) in [5, 5.41) is 12.3. The highest BCUT2D eigenvalue weighted by atomic mass is 15.0. The molecule has 1 aromatic heterocycles. The van der Waals surface area contributed by atoms with Crippen molar-refractivity contribution in [3.05, 3.63) is 59.3 Å². The molecule has 1 N–H and O–H groups in total. The lowest BCUT2D eigenvalue weighted by molar-refractivity contribution is 0.864. The number of hydrogen-bond acceptors (Lipinski definition) is 3. The number of aromatic nitrogens is 1. The lowest BCUT2D eigenvalue weighted by Gasteiger charge is -2.17. The molecule has 90 valence electrons. The molecule has 3 heteroatoms. The zero-order chi connectivity index (χ0) is 13.0. The lowest BCUT2D eigenvalue weighted by atomic mass is 10.0. The maximum Gasteiger partial charge on any atom is 0.144 e. The van der Waals surface area contributed by atoms with Crippen molar-refractivity contribution in [2.75, 3.05) is 5.32 Å². The number of nitrogens with zero attached hydrogens (tertiary/aromatic N) is 2. The number of rotatable bonds is 3. The fourth-order valence-electron chi connectivity index (χ4n) is 1.97. The normalized spacial score (nSPS) is 11.6. The van der Waals surface area contributed by atoms with Gasteiger partial charge in [-0.05, 0) is 37.1 Å². The third kappa shape index (κ3) is 2.49. The maximum absolute atomic E-state index is 9.03. The summed E-state index contributed by atoms with van der Waals surface area (Å²) in [7, 11) is 0. The topological polar surface area (TPSA) is 48.7 Å². The fraction of sp³-hybridized carbons (Fsp3) is 0.200. The minimum absolute atomic E-state index is 0.119. The largest absolute Gasteiger partial charge is 0.362 e. The standard InChI is InChI=1S/C15H15N3/c1-11-6-3-4-8-14(11)12(2)18-15-13(10-16)7-5-9-17-15/h3-9,12H,1-2H3,(H,17,18)/t12-/m1/s1. The Morgan fingerprint density at radius 3 is 2.72 bits per heavy atom. The summed E-state index contributed by atoms with van der Waals surface area (Å²) in [6, 6.07) is 14.0. The molecule has 2 rings (SSSR count). The van der Waals surface area contributed by atoms with Gasteiger partial charge in [-0.1, -0.05) is 24.3 Å². The van der Waals surface area contributed by atoms with E-state index in [9.17, 15) is 0 Å². The van der Waals surface area contributed by atoms with Gasteiger partial charge in [0.2, 0.25) is 0 Å². The van der Waals surface area contributed by atoms with E-state index in [1.54, 1.807) is 18.3 Å². The van der Waals surface area contributed by atoms with Crippen LogP contribution in [0.1, 0.15) is 29.7 Å². The average Bonchev–Trinajstić information content (AvgIpc) is 2.39. The van der Waals surface area contributed by atoms with Crippen molar-refractivity contribution in [1.82, 2.24) is 4.98 Å². The molecule has 0 aliphatic heterocycles. The molecule has 0 amide bonds. The highest BCUT2D eigenvalue weighted by molar-refractivity contribution is 5.52. The number of nitriles is 1. The van der Waals surface area contributed by atoms with E-state index in [1.807, 2.05) is 12.1 Å². The molecule has 3 nitrogen and oxygen atoms in total. The van der Waals surface area contributed by atoms with Gasteiger partial charge in [0, 0.05) is 6.20 Å². The van der Waals surface area contributed by atoms with Crippen LogP contribution >= 0.6 is 0 Å². The molecule has 1 heterocycles. The predicted octanol–water partition coefficient (Wildman–Crippen LogP) is 3.43. The first kappa shape index (κ1) is 12.1. The van der Waals surface area contributed by atoms with Crippen molar-refractivity contribution in [3.8, 4) is 6.07 Å². The molecule has 0 fully saturated rings. The number of aryl methyl sites for hydroxylation is 1. The first-order valence-electron chi connectivity index (χ1n) is 5.89. The number of nitrogens with one attached hydrogen (secondary N) is 1. The van der Waals surface area contributed by atoms with Crippen molar-refractivity contribution in [2.24, 2.45) is 0 Å². The summed E-state index contributed by atoms with van der Waals surface area (Å²) in [4.78, 5) is 4.21. The van der Waals surface area contributed by atoms with Crippen LogP contribution in [0.15, 0.2) is 42.6 Å². The van der Waals surface area contributed by atoms with Gasteiger partial charge in [0.05, 0.1) is 11.6 Å². The minimum Gasteiger partial charge on any atom is -0.362 e. The van der Waals surface area contributed by atoms with Gasteiger partial charge in [0.25, 0.3) is 0 Å². The number of hydrogen-bond donors (Lipinski definition) is 1. The van der Waals surface area contributed by atoms with E-state index in [0.717, 1.165) is 0 Å². The van der Waals surface area contributed by atoms with Crippen molar-refractivity contribution in [2.45, 2.75) is 19.9 Å². The monoisotopic (exact) mass is 237 g/mol. The third-order valence-corrected chi connectivity index (χ3v) is 2.94. The molecule has 2 aromatic rings. The van der Waals surface area contributed by atoms with Crippen LogP contribution < -0.4 is 5.32 Å². The third-order valence-electron chi connectivity index (χ3n) is 2.94. The molecule has 0 aliphatic rings. The van der Waals surface area contributed by atoms with E-state index >= 15 is 0 Å². The van der Waals surface area contributed by atoms with Crippen LogP contribution in [0.2, 0.25) is 0 Å². The van der Waals surface area contributed by atoms with E-state index in [1.165, 1.54) is 11.1 Å². The fourth-order valence-corrected chi connectivity index (χ4v) is 1.97. The van der Waals surface area contributed by atoms with Gasteiger partial charge in [-0.25, -0.2) is 4.98 Å². The summed E-state index contributed by atoms with van der Waals surface area (Å²) < 4.78 is 0. The van der Waals surface area contributed by atoms with E-state index < -0.39 is 0 Å². The Balaban J connectivity index is 2.25. The Kier molecular flexibility index (Phi) is 3.59. The van der Waals surface area contributed by atoms with Crippen LogP contribution in [0, 0.1) is 18.3 Å². The van der Waals surface area contributed by atoms with Crippen LogP contribution in [-0.2, 0) is 0 Å². The van der Waals surface area contributed by atoms with Crippen molar-refractivity contribution in [1.29, 1.82) is 5.26 Å². The second-order valence-electron chi connectivity index (χ2n) is 4.23. The summed E-state index contributed by atoms with van der Waals surface area (Å²) in [5.41, 5.74) is 3.01. The van der Waals surface area contributed by atoms with Crippen molar-refractivity contribution < 1.29 is 0 Å². The van der Waals surface area contributed by atoms with Crippen LogP contribution in [-0.4, -0.2) is 4.98 Å². The molecule has 0 unspecified atom stereocenters. The lowest BCUT2D eigenvalue weighted by Crippen LogP contribution is -2.10. The van der Waals surface area contributed by atoms with Crippen molar-refractivity contribution in [3.63, 3.8) is 0 Å². The Hall–Kier alpha value is -2.34. The molecular formula is C15H15N3. The van der Waals surface area contributed by atoms with E-state index in [2.05, 4.69) is 42.4 Å². The maximum atomic E-state index is 9.03. The first-order chi connectivity index (χ1) is 8.72. The number of anilines is 1. The molecule has 0 saturated heterocycles. The van der Waals surface area contributed by atoms with Crippen molar-refractivity contribution >= 4 is 5.82 Å². The SMILES string of the molecule is Cc1ccccc1[C@@H](C)Nc1ncccc1C#N. The van der Waals surface area contributed by atoms with Crippen LogP contribution in [0.4, 0.5) is 5.82 Å². The van der Waals surface area contributed by atoms with Crippen LogP contribution in [0.5, 0.6) is 0 Å². The quantitative estimate of drug-likeness (QED) is 0.889.